The zero-order chi connectivity index (χ0) is 21.1. The Morgan fingerprint density at radius 1 is 1.11 bits per heavy atom. The number of benzene rings is 2. The monoisotopic (exact) mass is 745 g/mol. The molecule has 1 unspecified atom stereocenters. The number of hydrogen-bond acceptors (Lipinski definition) is 6. The lowest BCUT2D eigenvalue weighted by Gasteiger charge is -2.14. The van der Waals surface area contributed by atoms with E-state index in [-0.39, 0.29) is 13.0 Å². The maximum atomic E-state index is 10.9. The second-order valence-electron chi connectivity index (χ2n) is 5.58. The van der Waals surface area contributed by atoms with Crippen LogP contribution in [0.4, 0.5) is 0 Å². The van der Waals surface area contributed by atoms with Crippen LogP contribution in [0.25, 0.3) is 0 Å². The van der Waals surface area contributed by atoms with E-state index in [2.05, 4.69) is 49.4 Å². The van der Waals surface area contributed by atoms with E-state index in [4.69, 9.17) is 20.1 Å². The van der Waals surface area contributed by atoms with Gasteiger partial charge in [-0.1, -0.05) is 6.07 Å². The van der Waals surface area contributed by atoms with E-state index in [0.29, 0.717) is 20.6 Å². The average Bonchev–Trinajstić information content (AvgIpc) is 2.56. The first-order chi connectivity index (χ1) is 13.0. The molecule has 1 atom stereocenters. The number of hydrogen-bond donors (Lipinski definition) is 3. The third-order valence-electron chi connectivity index (χ3n) is 3.44. The Labute approximate surface area is 202 Å². The summed E-state index contributed by atoms with van der Waals surface area (Å²) in [5, 5.41) is 8.95. The van der Waals surface area contributed by atoms with Crippen LogP contribution in [0, 0.1) is 10.7 Å². The van der Waals surface area contributed by atoms with E-state index in [1.54, 1.807) is 18.2 Å². The third-order valence-corrected chi connectivity index (χ3v) is 6.46. The number of carboxylic acids is 1. The average molecular weight is 745 g/mol. The van der Waals surface area contributed by atoms with Gasteiger partial charge in [0.05, 0.1) is 13.7 Å². The number of halogens is 3. The highest BCUT2D eigenvalue weighted by Crippen LogP contribution is 2.34. The Balaban J connectivity index is 2.19. The van der Waals surface area contributed by atoms with Crippen molar-refractivity contribution in [2.45, 2.75) is 19.1 Å². The molecule has 152 valence electrons. The Kier molecular flexibility index (Phi) is 8.71. The number of rotatable bonds is 8. The first-order valence-electron chi connectivity index (χ1n) is 7.50. The van der Waals surface area contributed by atoms with Crippen molar-refractivity contribution in [3.05, 3.63) is 52.2 Å². The van der Waals surface area contributed by atoms with E-state index in [0.717, 1.165) is 12.7 Å². The number of aliphatic carboxylic acids is 1. The van der Waals surface area contributed by atoms with Crippen LogP contribution in [0.1, 0.15) is 11.1 Å². The first-order valence-corrected chi connectivity index (χ1v) is 12.1. The fourth-order valence-electron chi connectivity index (χ4n) is 2.13. The van der Waals surface area contributed by atoms with Gasteiger partial charge in [-0.2, -0.15) is 8.42 Å². The van der Waals surface area contributed by atoms with E-state index < -0.39 is 22.4 Å². The first kappa shape index (κ1) is 24.0. The van der Waals surface area contributed by atoms with Crippen LogP contribution in [0.3, 0.4) is 0 Å². The molecular weight excluding hydrogens is 731 g/mol. The molecule has 0 fully saturated rings. The molecule has 0 radical (unpaired) electrons. The van der Waals surface area contributed by atoms with Crippen molar-refractivity contribution in [3.8, 4) is 11.5 Å². The predicted molar refractivity (Wildman–Crippen MR) is 127 cm³/mol. The lowest BCUT2D eigenvalue weighted by molar-refractivity contribution is -0.138. The van der Waals surface area contributed by atoms with Crippen molar-refractivity contribution in [1.29, 1.82) is 0 Å². The molecule has 28 heavy (non-hydrogen) atoms. The SMILES string of the molecule is NC(Cc1cc(I)c(Oc2ccc(COS(=O)(=O)O)c(I)c2)c(I)c1)C(=O)O. The molecule has 0 aliphatic heterocycles. The van der Waals surface area contributed by atoms with Crippen LogP contribution in [0.15, 0.2) is 30.3 Å². The largest absolute Gasteiger partial charge is 0.480 e. The molecule has 4 N–H and O–H groups in total. The summed E-state index contributed by atoms with van der Waals surface area (Å²) in [6.07, 6.45) is 0.210. The van der Waals surface area contributed by atoms with E-state index in [9.17, 15) is 13.2 Å². The van der Waals surface area contributed by atoms with Gasteiger partial charge in [0.25, 0.3) is 0 Å². The highest BCUT2D eigenvalue weighted by atomic mass is 127. The van der Waals surface area contributed by atoms with Gasteiger partial charge < -0.3 is 15.6 Å². The Morgan fingerprint density at radius 3 is 2.21 bits per heavy atom. The number of carbonyl (C=O) groups is 1. The van der Waals surface area contributed by atoms with Crippen molar-refractivity contribution in [2.24, 2.45) is 5.73 Å². The maximum Gasteiger partial charge on any atom is 0.397 e. The van der Waals surface area contributed by atoms with E-state index in [1.165, 1.54) is 0 Å². The molecule has 0 saturated carbocycles. The summed E-state index contributed by atoms with van der Waals surface area (Å²) in [5.41, 5.74) is 6.96. The summed E-state index contributed by atoms with van der Waals surface area (Å²) in [6.45, 7) is -0.287. The molecular formula is C16H14I3NO7S. The lowest BCUT2D eigenvalue weighted by atomic mass is 10.1. The van der Waals surface area contributed by atoms with Crippen LogP contribution < -0.4 is 10.5 Å². The van der Waals surface area contributed by atoms with Gasteiger partial charge in [0, 0.05) is 3.57 Å². The Hall–Kier alpha value is -0.270. The van der Waals surface area contributed by atoms with E-state index >= 15 is 0 Å². The third kappa shape index (κ3) is 7.21. The standard InChI is InChI=1S/C16H14I3NO7S/c17-11-6-10(2-1-9(11)7-26-28(23,24)25)27-15-12(18)3-8(4-13(15)19)5-14(20)16(21)22/h1-4,6,14H,5,7,20H2,(H,21,22)(H,23,24,25). The van der Waals surface area contributed by atoms with Gasteiger partial charge in [-0.3, -0.25) is 9.35 Å². The van der Waals surface area contributed by atoms with Crippen molar-refractivity contribution >= 4 is 84.1 Å². The van der Waals surface area contributed by atoms with Gasteiger partial charge in [-0.25, -0.2) is 4.18 Å². The second kappa shape index (κ2) is 10.2. The molecule has 0 amide bonds. The van der Waals surface area contributed by atoms with Crippen LogP contribution in [-0.2, 0) is 32.4 Å². The van der Waals surface area contributed by atoms with Crippen molar-refractivity contribution in [2.75, 3.05) is 0 Å². The van der Waals surface area contributed by atoms with Crippen LogP contribution in [-0.4, -0.2) is 30.1 Å². The van der Waals surface area contributed by atoms with Gasteiger partial charge in [0.1, 0.15) is 11.8 Å². The predicted octanol–water partition coefficient (Wildman–Crippen LogP) is 3.57. The molecule has 0 aromatic heterocycles. The normalized spacial score (nSPS) is 12.6. The number of ether oxygens (including phenoxy) is 1. The van der Waals surface area contributed by atoms with Crippen molar-refractivity contribution in [1.82, 2.24) is 0 Å². The van der Waals surface area contributed by atoms with Crippen LogP contribution >= 0.6 is 67.8 Å². The van der Waals surface area contributed by atoms with E-state index in [1.807, 2.05) is 34.7 Å². The summed E-state index contributed by atoms with van der Waals surface area (Å²) in [6, 6.07) is 7.68. The fourth-order valence-corrected chi connectivity index (χ4v) is 5.17. The smallest absolute Gasteiger partial charge is 0.397 e. The van der Waals surface area contributed by atoms with Crippen molar-refractivity contribution < 1.29 is 31.8 Å². The van der Waals surface area contributed by atoms with Gasteiger partial charge in [-0.15, -0.1) is 0 Å². The van der Waals surface area contributed by atoms with Gasteiger partial charge in [-0.05, 0) is 110 Å². The molecule has 0 aliphatic carbocycles. The molecule has 0 spiro atoms. The molecule has 0 bridgehead atoms. The van der Waals surface area contributed by atoms with Gasteiger partial charge in [0.2, 0.25) is 0 Å². The number of nitrogens with two attached hydrogens (primary N) is 1. The fraction of sp³-hybridized carbons (Fsp3) is 0.188. The number of carboxylic acid groups (broad SMARTS) is 1. The molecule has 0 saturated heterocycles. The highest BCUT2D eigenvalue weighted by molar-refractivity contribution is 14.1. The molecule has 2 aromatic rings. The van der Waals surface area contributed by atoms with Crippen LogP contribution in [0.5, 0.6) is 11.5 Å². The molecule has 0 aliphatic rings. The Bertz CT molecular complexity index is 975. The molecule has 8 nitrogen and oxygen atoms in total. The minimum atomic E-state index is -4.51. The molecule has 12 heteroatoms. The minimum absolute atomic E-state index is 0.210. The molecule has 2 aromatic carbocycles. The summed E-state index contributed by atoms with van der Waals surface area (Å²) in [5.74, 6) is 0.0930. The molecule has 0 heterocycles. The topological polar surface area (TPSA) is 136 Å². The second-order valence-corrected chi connectivity index (χ2v) is 10.2. The van der Waals surface area contributed by atoms with Gasteiger partial charge >= 0.3 is 16.4 Å². The quantitative estimate of drug-likeness (QED) is 0.276. The summed E-state index contributed by atoms with van der Waals surface area (Å²) in [7, 11) is -4.51. The van der Waals surface area contributed by atoms with Crippen LogP contribution in [0.2, 0.25) is 0 Å². The lowest BCUT2D eigenvalue weighted by Crippen LogP contribution is -2.32. The highest BCUT2D eigenvalue weighted by Gasteiger charge is 2.16. The summed E-state index contributed by atoms with van der Waals surface area (Å²) >= 11 is 6.22. The molecule has 2 rings (SSSR count). The van der Waals surface area contributed by atoms with Crippen molar-refractivity contribution in [3.63, 3.8) is 0 Å². The zero-order valence-corrected chi connectivity index (χ0v) is 21.2. The minimum Gasteiger partial charge on any atom is -0.480 e. The Morgan fingerprint density at radius 2 is 1.71 bits per heavy atom. The van der Waals surface area contributed by atoms with Gasteiger partial charge in [0.15, 0.2) is 5.75 Å². The zero-order valence-electron chi connectivity index (χ0n) is 13.9. The summed E-state index contributed by atoms with van der Waals surface area (Å²) < 4.78 is 42.7. The maximum absolute atomic E-state index is 10.9. The summed E-state index contributed by atoms with van der Waals surface area (Å²) in [4.78, 5) is 10.9.